The van der Waals surface area contributed by atoms with E-state index < -0.39 is 10.2 Å². The van der Waals surface area contributed by atoms with Crippen molar-refractivity contribution >= 4 is 34.7 Å². The Hall–Kier alpha value is -2.94. The van der Waals surface area contributed by atoms with E-state index in [-0.39, 0.29) is 11.6 Å². The summed E-state index contributed by atoms with van der Waals surface area (Å²) in [6, 6.07) is 11.4. The SMILES string of the molecule is C[C@H](Sc1nnc2ccccn12)C(=O)Nc1cccc([N+](=O)[O-])c1. The van der Waals surface area contributed by atoms with Gasteiger partial charge in [0.2, 0.25) is 5.91 Å². The molecule has 0 aliphatic heterocycles. The summed E-state index contributed by atoms with van der Waals surface area (Å²) >= 11 is 1.26. The quantitative estimate of drug-likeness (QED) is 0.434. The Kier molecular flexibility index (Phi) is 4.43. The second kappa shape index (κ2) is 6.67. The van der Waals surface area contributed by atoms with Gasteiger partial charge >= 0.3 is 0 Å². The fraction of sp³-hybridized carbons (Fsp3) is 0.133. The molecule has 1 N–H and O–H groups in total. The lowest BCUT2D eigenvalue weighted by molar-refractivity contribution is -0.384. The van der Waals surface area contributed by atoms with Crippen LogP contribution in [0.1, 0.15) is 6.92 Å². The summed E-state index contributed by atoms with van der Waals surface area (Å²) in [6.45, 7) is 1.74. The van der Waals surface area contributed by atoms with Crippen LogP contribution in [0.3, 0.4) is 0 Å². The molecule has 0 aliphatic rings. The zero-order valence-corrected chi connectivity index (χ0v) is 13.4. The average Bonchev–Trinajstić information content (AvgIpc) is 2.98. The molecule has 0 fully saturated rings. The second-order valence-electron chi connectivity index (χ2n) is 4.97. The first-order chi connectivity index (χ1) is 11.5. The molecule has 122 valence electrons. The molecule has 8 nitrogen and oxygen atoms in total. The van der Waals surface area contributed by atoms with E-state index >= 15 is 0 Å². The number of benzene rings is 1. The summed E-state index contributed by atoms with van der Waals surface area (Å²) in [7, 11) is 0. The Balaban J connectivity index is 1.71. The van der Waals surface area contributed by atoms with Crippen LogP contribution in [0.2, 0.25) is 0 Å². The van der Waals surface area contributed by atoms with Gasteiger partial charge in [-0.05, 0) is 25.1 Å². The maximum absolute atomic E-state index is 12.3. The van der Waals surface area contributed by atoms with E-state index in [1.54, 1.807) is 17.4 Å². The highest BCUT2D eigenvalue weighted by Gasteiger charge is 2.18. The maximum Gasteiger partial charge on any atom is 0.271 e. The van der Waals surface area contributed by atoms with Crippen LogP contribution in [0.5, 0.6) is 0 Å². The van der Waals surface area contributed by atoms with E-state index in [2.05, 4.69) is 15.5 Å². The minimum absolute atomic E-state index is 0.0726. The summed E-state index contributed by atoms with van der Waals surface area (Å²) < 4.78 is 1.79. The van der Waals surface area contributed by atoms with Gasteiger partial charge in [-0.25, -0.2) is 0 Å². The smallest absolute Gasteiger partial charge is 0.271 e. The van der Waals surface area contributed by atoms with Gasteiger partial charge in [0.15, 0.2) is 10.8 Å². The number of fused-ring (bicyclic) bond motifs is 1. The lowest BCUT2D eigenvalue weighted by Gasteiger charge is -2.10. The Labute approximate surface area is 141 Å². The van der Waals surface area contributed by atoms with Gasteiger partial charge in [0, 0.05) is 24.0 Å². The van der Waals surface area contributed by atoms with Gasteiger partial charge < -0.3 is 5.32 Å². The molecule has 1 aromatic carbocycles. The summed E-state index contributed by atoms with van der Waals surface area (Å²) in [6.07, 6.45) is 1.82. The molecule has 0 aliphatic carbocycles. The molecule has 0 saturated carbocycles. The van der Waals surface area contributed by atoms with Gasteiger partial charge in [-0.15, -0.1) is 10.2 Å². The van der Waals surface area contributed by atoms with Crippen molar-refractivity contribution in [2.24, 2.45) is 0 Å². The fourth-order valence-corrected chi connectivity index (χ4v) is 2.89. The van der Waals surface area contributed by atoms with Crippen LogP contribution in [-0.4, -0.2) is 30.7 Å². The van der Waals surface area contributed by atoms with Crippen molar-refractivity contribution in [3.63, 3.8) is 0 Å². The van der Waals surface area contributed by atoms with Crippen LogP contribution in [0.15, 0.2) is 53.8 Å². The third kappa shape index (κ3) is 3.35. The lowest BCUT2D eigenvalue weighted by Crippen LogP contribution is -2.22. The fourth-order valence-electron chi connectivity index (χ4n) is 2.05. The highest BCUT2D eigenvalue weighted by Crippen LogP contribution is 2.24. The second-order valence-corrected chi connectivity index (χ2v) is 6.28. The Morgan fingerprint density at radius 1 is 1.29 bits per heavy atom. The Bertz CT molecular complexity index is 911. The molecular formula is C15H13N5O3S. The minimum Gasteiger partial charge on any atom is -0.325 e. The molecule has 9 heteroatoms. The zero-order chi connectivity index (χ0) is 17.1. The number of nitrogens with zero attached hydrogens (tertiary/aromatic N) is 4. The Morgan fingerprint density at radius 2 is 2.12 bits per heavy atom. The molecule has 0 saturated heterocycles. The number of nitro benzene ring substituents is 1. The van der Waals surface area contributed by atoms with Crippen LogP contribution >= 0.6 is 11.8 Å². The topological polar surface area (TPSA) is 102 Å². The zero-order valence-electron chi connectivity index (χ0n) is 12.6. The highest BCUT2D eigenvalue weighted by molar-refractivity contribution is 8.00. The van der Waals surface area contributed by atoms with E-state index in [0.29, 0.717) is 16.5 Å². The predicted molar refractivity (Wildman–Crippen MR) is 90.0 cm³/mol. The van der Waals surface area contributed by atoms with Gasteiger partial charge in [0.05, 0.1) is 10.2 Å². The molecular weight excluding hydrogens is 330 g/mol. The number of carbonyl (C=O) groups is 1. The number of pyridine rings is 1. The van der Waals surface area contributed by atoms with Gasteiger partial charge in [0.1, 0.15) is 0 Å². The van der Waals surface area contributed by atoms with Crippen molar-refractivity contribution < 1.29 is 9.72 Å². The molecule has 0 radical (unpaired) electrons. The molecule has 3 rings (SSSR count). The summed E-state index contributed by atoms with van der Waals surface area (Å²) in [5.41, 5.74) is 1.01. The van der Waals surface area contributed by atoms with E-state index in [9.17, 15) is 14.9 Å². The van der Waals surface area contributed by atoms with Crippen LogP contribution in [-0.2, 0) is 4.79 Å². The van der Waals surface area contributed by atoms with Crippen LogP contribution in [0.4, 0.5) is 11.4 Å². The van der Waals surface area contributed by atoms with Gasteiger partial charge in [-0.2, -0.15) is 0 Å². The number of hydrogen-bond acceptors (Lipinski definition) is 6. The van der Waals surface area contributed by atoms with Gasteiger partial charge in [-0.1, -0.05) is 23.9 Å². The summed E-state index contributed by atoms with van der Waals surface area (Å²) in [5, 5.41) is 21.7. The largest absolute Gasteiger partial charge is 0.325 e. The minimum atomic E-state index is -0.504. The summed E-state index contributed by atoms with van der Waals surface area (Å²) in [5.74, 6) is -0.270. The average molecular weight is 343 g/mol. The van der Waals surface area contributed by atoms with Crippen molar-refractivity contribution in [3.8, 4) is 0 Å². The molecule has 0 bridgehead atoms. The molecule has 0 unspecified atom stereocenters. The normalized spacial score (nSPS) is 12.0. The monoisotopic (exact) mass is 343 g/mol. The first-order valence-corrected chi connectivity index (χ1v) is 7.94. The first-order valence-electron chi connectivity index (χ1n) is 7.06. The number of non-ortho nitro benzene ring substituents is 1. The van der Waals surface area contributed by atoms with E-state index in [1.165, 1.54) is 30.0 Å². The molecule has 24 heavy (non-hydrogen) atoms. The number of rotatable bonds is 5. The number of thioether (sulfide) groups is 1. The van der Waals surface area contributed by atoms with Crippen LogP contribution in [0.25, 0.3) is 5.65 Å². The lowest BCUT2D eigenvalue weighted by atomic mass is 10.2. The van der Waals surface area contributed by atoms with Crippen molar-refractivity contribution in [2.45, 2.75) is 17.3 Å². The van der Waals surface area contributed by atoms with Crippen molar-refractivity contribution in [2.75, 3.05) is 5.32 Å². The third-order valence-electron chi connectivity index (χ3n) is 3.26. The number of nitro groups is 1. The number of hydrogen-bond donors (Lipinski definition) is 1. The summed E-state index contributed by atoms with van der Waals surface area (Å²) in [4.78, 5) is 22.6. The molecule has 3 aromatic rings. The molecule has 2 heterocycles. The van der Waals surface area contributed by atoms with E-state index in [1.807, 2.05) is 24.4 Å². The number of aromatic nitrogens is 3. The van der Waals surface area contributed by atoms with Gasteiger partial charge in [-0.3, -0.25) is 19.3 Å². The molecule has 1 atom stereocenters. The van der Waals surface area contributed by atoms with Crippen molar-refractivity contribution in [1.29, 1.82) is 0 Å². The molecule has 0 spiro atoms. The number of anilines is 1. The number of nitrogens with one attached hydrogen (secondary N) is 1. The Morgan fingerprint density at radius 3 is 2.92 bits per heavy atom. The van der Waals surface area contributed by atoms with Crippen LogP contribution < -0.4 is 5.32 Å². The first kappa shape index (κ1) is 15.9. The third-order valence-corrected chi connectivity index (χ3v) is 4.32. The standard InChI is InChI=1S/C15H13N5O3S/c1-10(24-15-18-17-13-7-2-3-8-19(13)15)14(21)16-11-5-4-6-12(9-11)20(22)23/h2-10H,1H3,(H,16,21)/t10-/m0/s1. The van der Waals surface area contributed by atoms with Crippen molar-refractivity contribution in [1.82, 2.24) is 14.6 Å². The van der Waals surface area contributed by atoms with Crippen molar-refractivity contribution in [3.05, 3.63) is 58.8 Å². The van der Waals surface area contributed by atoms with Gasteiger partial charge in [0.25, 0.3) is 5.69 Å². The van der Waals surface area contributed by atoms with E-state index in [0.717, 1.165) is 0 Å². The predicted octanol–water partition coefficient (Wildman–Crippen LogP) is 2.76. The number of amides is 1. The van der Waals surface area contributed by atoms with Crippen LogP contribution in [0, 0.1) is 10.1 Å². The highest BCUT2D eigenvalue weighted by atomic mass is 32.2. The number of carbonyl (C=O) groups excluding carboxylic acids is 1. The molecule has 1 amide bonds. The van der Waals surface area contributed by atoms with E-state index in [4.69, 9.17) is 0 Å². The maximum atomic E-state index is 12.3. The molecule has 2 aromatic heterocycles.